The summed E-state index contributed by atoms with van der Waals surface area (Å²) in [6.45, 7) is 2.17. The van der Waals surface area contributed by atoms with E-state index in [1.807, 2.05) is 18.9 Å². The van der Waals surface area contributed by atoms with E-state index in [-0.39, 0.29) is 12.5 Å². The number of hydrogen-bond donors (Lipinski definition) is 1. The molecule has 17 heavy (non-hydrogen) atoms. The van der Waals surface area contributed by atoms with Crippen LogP contribution in [0, 0.1) is 6.92 Å². The van der Waals surface area contributed by atoms with Gasteiger partial charge >= 0.3 is 0 Å². The molecule has 0 unspecified atom stereocenters. The lowest BCUT2D eigenvalue weighted by Crippen LogP contribution is -2.35. The number of nitrogens with two attached hydrogens (primary N) is 1. The van der Waals surface area contributed by atoms with Crippen molar-refractivity contribution in [3.8, 4) is 0 Å². The Hall–Kier alpha value is -1.42. The molecule has 1 amide bonds. The van der Waals surface area contributed by atoms with Gasteiger partial charge in [0.1, 0.15) is 0 Å². The second-order valence-corrected chi connectivity index (χ2v) is 4.66. The minimum atomic E-state index is 0.0197. The van der Waals surface area contributed by atoms with Crippen molar-refractivity contribution in [2.45, 2.75) is 6.92 Å². The lowest BCUT2D eigenvalue weighted by Gasteiger charge is -2.24. The first-order valence-electron chi connectivity index (χ1n) is 5.30. The zero-order chi connectivity index (χ0) is 13.2. The minimum Gasteiger partial charge on any atom is -0.397 e. The number of carbonyl (C=O) groups excluding carboxylic acids is 1. The molecule has 0 aliphatic rings. The van der Waals surface area contributed by atoms with E-state index in [4.69, 9.17) is 17.3 Å². The number of anilines is 2. The Kier molecular flexibility index (Phi) is 4.23. The van der Waals surface area contributed by atoms with Crippen LogP contribution in [0.2, 0.25) is 5.02 Å². The smallest absolute Gasteiger partial charge is 0.241 e. The molecule has 0 aliphatic heterocycles. The fourth-order valence-corrected chi connectivity index (χ4v) is 1.78. The zero-order valence-corrected chi connectivity index (χ0v) is 11.4. The van der Waals surface area contributed by atoms with E-state index in [0.717, 1.165) is 11.3 Å². The lowest BCUT2D eigenvalue weighted by molar-refractivity contribution is -0.127. The van der Waals surface area contributed by atoms with Crippen molar-refractivity contribution in [2.75, 3.05) is 38.3 Å². The van der Waals surface area contributed by atoms with Gasteiger partial charge in [-0.2, -0.15) is 0 Å². The average Bonchev–Trinajstić information content (AvgIpc) is 2.24. The molecule has 0 spiro atoms. The van der Waals surface area contributed by atoms with E-state index >= 15 is 0 Å². The molecule has 0 saturated heterocycles. The van der Waals surface area contributed by atoms with E-state index in [0.29, 0.717) is 10.7 Å². The number of benzene rings is 1. The summed E-state index contributed by atoms with van der Waals surface area (Å²) in [6, 6.07) is 3.51. The summed E-state index contributed by atoms with van der Waals surface area (Å²) in [5.74, 6) is 0.0197. The largest absolute Gasteiger partial charge is 0.397 e. The summed E-state index contributed by atoms with van der Waals surface area (Å²) >= 11 is 6.05. The molecular formula is C12H18ClN3O. The Morgan fingerprint density at radius 3 is 2.47 bits per heavy atom. The number of rotatable bonds is 3. The van der Waals surface area contributed by atoms with Gasteiger partial charge in [-0.05, 0) is 24.6 Å². The number of hydrogen-bond acceptors (Lipinski definition) is 3. The normalized spacial score (nSPS) is 10.2. The molecule has 0 fully saturated rings. The molecule has 4 nitrogen and oxygen atoms in total. The molecule has 0 aromatic heterocycles. The van der Waals surface area contributed by atoms with Crippen LogP contribution in [-0.4, -0.2) is 38.5 Å². The third-order valence-corrected chi connectivity index (χ3v) is 3.06. The Bertz CT molecular complexity index is 432. The molecule has 0 atom stereocenters. The molecule has 0 bridgehead atoms. The number of nitrogen functional groups attached to an aromatic ring is 1. The molecule has 0 saturated carbocycles. The van der Waals surface area contributed by atoms with E-state index in [9.17, 15) is 4.79 Å². The van der Waals surface area contributed by atoms with Crippen molar-refractivity contribution in [1.82, 2.24) is 4.90 Å². The van der Waals surface area contributed by atoms with Crippen molar-refractivity contribution in [3.05, 3.63) is 22.7 Å². The standard InChI is InChI=1S/C12H18ClN3O/c1-8-9(13)5-6-10(14)12(8)16(4)7-11(17)15(2)3/h5-6H,7,14H2,1-4H3. The molecule has 1 aromatic carbocycles. The van der Waals surface area contributed by atoms with Crippen molar-refractivity contribution in [2.24, 2.45) is 0 Å². The van der Waals surface area contributed by atoms with Gasteiger partial charge in [-0.25, -0.2) is 0 Å². The van der Waals surface area contributed by atoms with Gasteiger partial charge in [-0.15, -0.1) is 0 Å². The molecule has 94 valence electrons. The highest BCUT2D eigenvalue weighted by Gasteiger charge is 2.15. The van der Waals surface area contributed by atoms with Crippen molar-refractivity contribution in [1.29, 1.82) is 0 Å². The van der Waals surface area contributed by atoms with Gasteiger partial charge in [0.2, 0.25) is 5.91 Å². The maximum absolute atomic E-state index is 11.6. The third kappa shape index (κ3) is 3.03. The van der Waals surface area contributed by atoms with Gasteiger partial charge < -0.3 is 15.5 Å². The first-order valence-corrected chi connectivity index (χ1v) is 5.68. The zero-order valence-electron chi connectivity index (χ0n) is 10.6. The van der Waals surface area contributed by atoms with Crippen LogP contribution < -0.4 is 10.6 Å². The summed E-state index contributed by atoms with van der Waals surface area (Å²) in [6.07, 6.45) is 0. The number of carbonyl (C=O) groups is 1. The number of halogens is 1. The van der Waals surface area contributed by atoms with Crippen LogP contribution in [0.25, 0.3) is 0 Å². The predicted molar refractivity (Wildman–Crippen MR) is 72.6 cm³/mol. The second kappa shape index (κ2) is 5.27. The van der Waals surface area contributed by atoms with Gasteiger partial charge in [0.05, 0.1) is 17.9 Å². The third-order valence-electron chi connectivity index (χ3n) is 2.65. The van der Waals surface area contributed by atoms with E-state index in [1.165, 1.54) is 0 Å². The van der Waals surface area contributed by atoms with Crippen LogP contribution in [0.3, 0.4) is 0 Å². The number of likely N-dealkylation sites (N-methyl/N-ethyl adjacent to an activating group) is 2. The predicted octanol–water partition coefficient (Wildman–Crippen LogP) is 1.76. The Labute approximate surface area is 107 Å². The molecule has 2 N–H and O–H groups in total. The van der Waals surface area contributed by atoms with E-state index < -0.39 is 0 Å². The quantitative estimate of drug-likeness (QED) is 0.838. The maximum atomic E-state index is 11.6. The molecule has 0 radical (unpaired) electrons. The first-order chi connectivity index (χ1) is 7.84. The Morgan fingerprint density at radius 1 is 1.35 bits per heavy atom. The fraction of sp³-hybridized carbons (Fsp3) is 0.417. The average molecular weight is 256 g/mol. The molecule has 0 heterocycles. The summed E-state index contributed by atoms with van der Waals surface area (Å²) in [5.41, 5.74) is 8.25. The van der Waals surface area contributed by atoms with Crippen LogP contribution in [-0.2, 0) is 4.79 Å². The molecule has 0 aliphatic carbocycles. The van der Waals surface area contributed by atoms with Crippen LogP contribution >= 0.6 is 11.6 Å². The lowest BCUT2D eigenvalue weighted by atomic mass is 10.1. The summed E-state index contributed by atoms with van der Waals surface area (Å²) in [5, 5.41) is 0.651. The Balaban J connectivity index is 3.00. The van der Waals surface area contributed by atoms with E-state index in [2.05, 4.69) is 0 Å². The highest BCUT2D eigenvalue weighted by Crippen LogP contribution is 2.31. The Morgan fingerprint density at radius 2 is 1.94 bits per heavy atom. The summed E-state index contributed by atoms with van der Waals surface area (Å²) in [4.78, 5) is 15.0. The first kappa shape index (κ1) is 13.6. The van der Waals surface area contributed by atoms with Gasteiger partial charge in [0, 0.05) is 26.2 Å². The monoisotopic (exact) mass is 255 g/mol. The van der Waals surface area contributed by atoms with Crippen molar-refractivity contribution < 1.29 is 4.79 Å². The summed E-state index contributed by atoms with van der Waals surface area (Å²) < 4.78 is 0. The van der Waals surface area contributed by atoms with Crippen molar-refractivity contribution in [3.63, 3.8) is 0 Å². The van der Waals surface area contributed by atoms with Crippen LogP contribution in [0.5, 0.6) is 0 Å². The highest BCUT2D eigenvalue weighted by atomic mass is 35.5. The van der Waals surface area contributed by atoms with Gasteiger partial charge in [0.15, 0.2) is 0 Å². The SMILES string of the molecule is Cc1c(Cl)ccc(N)c1N(C)CC(=O)N(C)C. The van der Waals surface area contributed by atoms with E-state index in [1.54, 1.807) is 31.1 Å². The second-order valence-electron chi connectivity index (χ2n) is 4.25. The van der Waals surface area contributed by atoms with Crippen LogP contribution in [0.1, 0.15) is 5.56 Å². The van der Waals surface area contributed by atoms with Gasteiger partial charge in [0.25, 0.3) is 0 Å². The van der Waals surface area contributed by atoms with Gasteiger partial charge in [-0.1, -0.05) is 11.6 Å². The van der Waals surface area contributed by atoms with Crippen LogP contribution in [0.4, 0.5) is 11.4 Å². The molecular weight excluding hydrogens is 238 g/mol. The molecule has 1 aromatic rings. The highest BCUT2D eigenvalue weighted by molar-refractivity contribution is 6.32. The maximum Gasteiger partial charge on any atom is 0.241 e. The topological polar surface area (TPSA) is 49.6 Å². The summed E-state index contributed by atoms with van der Waals surface area (Å²) in [7, 11) is 5.28. The number of amides is 1. The molecule has 1 rings (SSSR count). The fourth-order valence-electron chi connectivity index (χ4n) is 1.63. The number of nitrogens with zero attached hydrogens (tertiary/aromatic N) is 2. The van der Waals surface area contributed by atoms with Crippen molar-refractivity contribution >= 4 is 28.9 Å². The molecule has 5 heteroatoms. The van der Waals surface area contributed by atoms with Gasteiger partial charge in [-0.3, -0.25) is 4.79 Å². The van der Waals surface area contributed by atoms with Crippen LogP contribution in [0.15, 0.2) is 12.1 Å². The minimum absolute atomic E-state index is 0.0197.